The Morgan fingerprint density at radius 2 is 2.06 bits per heavy atom. The normalized spacial score (nSPS) is 11.2. The van der Waals surface area contributed by atoms with Crippen LogP contribution in [0.1, 0.15) is 10.4 Å². The van der Waals surface area contributed by atoms with Gasteiger partial charge in [-0.05, 0) is 34.1 Å². The van der Waals surface area contributed by atoms with E-state index in [4.69, 9.17) is 5.11 Å². The van der Waals surface area contributed by atoms with Gasteiger partial charge in [-0.3, -0.25) is 0 Å². The van der Waals surface area contributed by atoms with E-state index in [1.54, 1.807) is 0 Å². The van der Waals surface area contributed by atoms with Gasteiger partial charge < -0.3 is 5.11 Å². The Labute approximate surface area is 121 Å². The fraction of sp³-hybridized carbons (Fsp3) is 0.100. The van der Waals surface area contributed by atoms with E-state index in [0.717, 1.165) is 6.07 Å². The van der Waals surface area contributed by atoms with Gasteiger partial charge in [0.15, 0.2) is 0 Å². The molecule has 0 aliphatic rings. The van der Waals surface area contributed by atoms with E-state index in [1.165, 1.54) is 12.1 Å². The van der Waals surface area contributed by atoms with Gasteiger partial charge in [0.05, 0.1) is 10.5 Å². The van der Waals surface area contributed by atoms with E-state index >= 15 is 0 Å². The summed E-state index contributed by atoms with van der Waals surface area (Å²) >= 11 is 6.07. The molecule has 0 saturated heterocycles. The first kappa shape index (κ1) is 15.4. The minimum atomic E-state index is -3.75. The molecular weight excluding hydrogens is 390 g/mol. The SMILES string of the molecule is C=C(Br)CNS(=O)(=O)c1ccc(Br)c(C(=O)O)c1. The van der Waals surface area contributed by atoms with Gasteiger partial charge in [-0.25, -0.2) is 17.9 Å². The second kappa shape index (κ2) is 5.96. The van der Waals surface area contributed by atoms with Gasteiger partial charge in [-0.1, -0.05) is 22.5 Å². The van der Waals surface area contributed by atoms with Crippen molar-refractivity contribution >= 4 is 47.9 Å². The van der Waals surface area contributed by atoms with Crippen molar-refractivity contribution in [2.75, 3.05) is 6.54 Å². The van der Waals surface area contributed by atoms with Gasteiger partial charge in [0.2, 0.25) is 10.0 Å². The van der Waals surface area contributed by atoms with Crippen molar-refractivity contribution in [1.29, 1.82) is 0 Å². The number of benzene rings is 1. The molecular formula is C10H9Br2NO4S. The summed E-state index contributed by atoms with van der Waals surface area (Å²) in [5.74, 6) is -1.20. The Morgan fingerprint density at radius 3 is 2.56 bits per heavy atom. The molecule has 5 nitrogen and oxygen atoms in total. The minimum absolute atomic E-state index is 0.0286. The fourth-order valence-corrected chi connectivity index (χ4v) is 2.89. The van der Waals surface area contributed by atoms with E-state index in [0.29, 0.717) is 8.96 Å². The highest BCUT2D eigenvalue weighted by molar-refractivity contribution is 9.11. The van der Waals surface area contributed by atoms with Crippen LogP contribution in [-0.2, 0) is 10.0 Å². The maximum atomic E-state index is 11.8. The molecule has 98 valence electrons. The Hall–Kier alpha value is -0.700. The lowest BCUT2D eigenvalue weighted by molar-refractivity contribution is 0.0695. The molecule has 1 aromatic rings. The lowest BCUT2D eigenvalue weighted by atomic mass is 10.2. The number of rotatable bonds is 5. The van der Waals surface area contributed by atoms with Crippen LogP contribution in [-0.4, -0.2) is 26.0 Å². The topological polar surface area (TPSA) is 83.5 Å². The van der Waals surface area contributed by atoms with Crippen molar-refractivity contribution in [3.8, 4) is 0 Å². The zero-order valence-electron chi connectivity index (χ0n) is 8.98. The van der Waals surface area contributed by atoms with Crippen molar-refractivity contribution < 1.29 is 18.3 Å². The molecule has 0 aliphatic heterocycles. The molecule has 0 amide bonds. The van der Waals surface area contributed by atoms with Crippen molar-refractivity contribution in [3.63, 3.8) is 0 Å². The minimum Gasteiger partial charge on any atom is -0.478 e. The molecule has 0 aromatic heterocycles. The van der Waals surface area contributed by atoms with Crippen LogP contribution >= 0.6 is 31.9 Å². The fourth-order valence-electron chi connectivity index (χ4n) is 1.09. The van der Waals surface area contributed by atoms with E-state index in [-0.39, 0.29) is 17.0 Å². The van der Waals surface area contributed by atoms with Crippen LogP contribution in [0.4, 0.5) is 0 Å². The van der Waals surface area contributed by atoms with Crippen LogP contribution in [0.5, 0.6) is 0 Å². The highest BCUT2D eigenvalue weighted by atomic mass is 79.9. The summed E-state index contributed by atoms with van der Waals surface area (Å²) in [7, 11) is -3.75. The van der Waals surface area contributed by atoms with Crippen LogP contribution in [0.15, 0.2) is 38.6 Å². The average Bonchev–Trinajstić information content (AvgIpc) is 2.26. The Kier molecular flexibility index (Phi) is 5.09. The molecule has 0 heterocycles. The van der Waals surface area contributed by atoms with Gasteiger partial charge in [0, 0.05) is 15.5 Å². The van der Waals surface area contributed by atoms with Crippen LogP contribution in [0.2, 0.25) is 0 Å². The number of sulfonamides is 1. The van der Waals surface area contributed by atoms with Crippen molar-refractivity contribution in [2.24, 2.45) is 0 Å². The second-order valence-corrected chi connectivity index (χ2v) is 7.03. The summed E-state index contributed by atoms with van der Waals surface area (Å²) in [4.78, 5) is 10.8. The predicted octanol–water partition coefficient (Wildman–Crippen LogP) is 2.33. The zero-order valence-corrected chi connectivity index (χ0v) is 13.0. The maximum absolute atomic E-state index is 11.8. The Balaban J connectivity index is 3.14. The van der Waals surface area contributed by atoms with E-state index < -0.39 is 16.0 Å². The van der Waals surface area contributed by atoms with Crippen molar-refractivity contribution in [2.45, 2.75) is 4.90 Å². The van der Waals surface area contributed by atoms with Gasteiger partial charge in [-0.15, -0.1) is 0 Å². The summed E-state index contributed by atoms with van der Waals surface area (Å²) in [6.45, 7) is 3.53. The van der Waals surface area contributed by atoms with Crippen LogP contribution in [0.3, 0.4) is 0 Å². The van der Waals surface area contributed by atoms with Gasteiger partial charge in [0.25, 0.3) is 0 Å². The Bertz CT molecular complexity index is 598. The number of nitrogens with one attached hydrogen (secondary N) is 1. The number of hydrogen-bond acceptors (Lipinski definition) is 3. The lowest BCUT2D eigenvalue weighted by Crippen LogP contribution is -2.25. The van der Waals surface area contributed by atoms with Crippen LogP contribution in [0.25, 0.3) is 0 Å². The first-order chi connectivity index (χ1) is 8.24. The molecule has 0 spiro atoms. The lowest BCUT2D eigenvalue weighted by Gasteiger charge is -2.07. The number of aromatic carboxylic acids is 1. The second-order valence-electron chi connectivity index (χ2n) is 3.29. The summed E-state index contributed by atoms with van der Waals surface area (Å²) in [5, 5.41) is 8.91. The molecule has 2 N–H and O–H groups in total. The number of hydrogen-bond donors (Lipinski definition) is 2. The quantitative estimate of drug-likeness (QED) is 0.797. The Morgan fingerprint density at radius 1 is 1.44 bits per heavy atom. The summed E-state index contributed by atoms with van der Waals surface area (Å²) < 4.78 is 26.8. The third-order valence-electron chi connectivity index (χ3n) is 1.93. The van der Waals surface area contributed by atoms with Crippen molar-refractivity contribution in [3.05, 3.63) is 39.3 Å². The number of carboxylic acids is 1. The monoisotopic (exact) mass is 397 g/mol. The number of carboxylic acid groups (broad SMARTS) is 1. The average molecular weight is 399 g/mol. The molecule has 0 atom stereocenters. The first-order valence-electron chi connectivity index (χ1n) is 4.60. The number of carbonyl (C=O) groups is 1. The van der Waals surface area contributed by atoms with E-state index in [2.05, 4.69) is 43.2 Å². The highest BCUT2D eigenvalue weighted by Gasteiger charge is 2.17. The standard InChI is InChI=1S/C10H9Br2NO4S/c1-6(11)5-13-18(16,17)7-2-3-9(12)8(4-7)10(14)15/h2-4,13H,1,5H2,(H,14,15). The van der Waals surface area contributed by atoms with E-state index in [9.17, 15) is 13.2 Å². The van der Waals surface area contributed by atoms with Crippen molar-refractivity contribution in [1.82, 2.24) is 4.72 Å². The van der Waals surface area contributed by atoms with E-state index in [1.807, 2.05) is 0 Å². The molecule has 0 radical (unpaired) electrons. The molecule has 0 aliphatic carbocycles. The first-order valence-corrected chi connectivity index (χ1v) is 7.67. The molecule has 0 bridgehead atoms. The van der Waals surface area contributed by atoms with Gasteiger partial charge in [0.1, 0.15) is 0 Å². The molecule has 18 heavy (non-hydrogen) atoms. The summed E-state index contributed by atoms with van der Waals surface area (Å²) in [5.41, 5.74) is -0.115. The molecule has 0 unspecified atom stereocenters. The third kappa shape index (κ3) is 3.91. The van der Waals surface area contributed by atoms with Gasteiger partial charge >= 0.3 is 5.97 Å². The van der Waals surface area contributed by atoms with Crippen LogP contribution in [0, 0.1) is 0 Å². The highest BCUT2D eigenvalue weighted by Crippen LogP contribution is 2.21. The molecule has 8 heteroatoms. The molecule has 0 saturated carbocycles. The largest absolute Gasteiger partial charge is 0.478 e. The summed E-state index contributed by atoms with van der Waals surface area (Å²) in [6.07, 6.45) is 0. The maximum Gasteiger partial charge on any atom is 0.336 e. The molecule has 0 fully saturated rings. The predicted molar refractivity (Wildman–Crippen MR) is 74.4 cm³/mol. The molecule has 1 aromatic carbocycles. The molecule has 1 rings (SSSR count). The zero-order chi connectivity index (χ0) is 13.9. The smallest absolute Gasteiger partial charge is 0.336 e. The van der Waals surface area contributed by atoms with Crippen LogP contribution < -0.4 is 4.72 Å². The van der Waals surface area contributed by atoms with Gasteiger partial charge in [-0.2, -0.15) is 0 Å². The summed E-state index contributed by atoms with van der Waals surface area (Å²) in [6, 6.07) is 3.78. The number of halogens is 2. The third-order valence-corrected chi connectivity index (χ3v) is 4.30.